The summed E-state index contributed by atoms with van der Waals surface area (Å²) in [4.78, 5) is 2.51. The summed E-state index contributed by atoms with van der Waals surface area (Å²) in [6, 6.07) is 16.4. The van der Waals surface area contributed by atoms with Crippen LogP contribution in [0.3, 0.4) is 0 Å². The molecule has 0 aromatic heterocycles. The Hall–Kier alpha value is -1.54. The number of fused-ring (bicyclic) bond motifs is 1. The first-order chi connectivity index (χ1) is 8.75. The molecule has 0 amide bonds. The van der Waals surface area contributed by atoms with Crippen molar-refractivity contribution in [2.45, 2.75) is 25.9 Å². The molecule has 94 valence electrons. The molecule has 1 saturated heterocycles. The van der Waals surface area contributed by atoms with Crippen molar-refractivity contribution in [3.63, 3.8) is 0 Å². The van der Waals surface area contributed by atoms with Gasteiger partial charge in [-0.15, -0.1) is 0 Å². The molecule has 1 aliphatic heterocycles. The predicted octanol–water partition coefficient (Wildman–Crippen LogP) is 3.03. The van der Waals surface area contributed by atoms with Gasteiger partial charge >= 0.3 is 0 Å². The summed E-state index contributed by atoms with van der Waals surface area (Å²) in [5, 5.41) is 6.17. The maximum atomic E-state index is 3.53. The maximum absolute atomic E-state index is 3.53. The number of nitrogens with one attached hydrogen (secondary N) is 1. The van der Waals surface area contributed by atoms with E-state index in [1.54, 1.807) is 0 Å². The molecular weight excluding hydrogens is 220 g/mol. The minimum absolute atomic E-state index is 0.542. The van der Waals surface area contributed by atoms with E-state index in [9.17, 15) is 0 Å². The summed E-state index contributed by atoms with van der Waals surface area (Å²) in [6.07, 6.45) is 0. The van der Waals surface area contributed by atoms with Gasteiger partial charge in [0, 0.05) is 30.9 Å². The molecular formula is C16H20N2. The van der Waals surface area contributed by atoms with E-state index < -0.39 is 0 Å². The molecule has 2 aromatic rings. The summed E-state index contributed by atoms with van der Waals surface area (Å²) >= 11 is 0. The molecule has 1 heterocycles. The van der Waals surface area contributed by atoms with Gasteiger partial charge in [-0.25, -0.2) is 0 Å². The van der Waals surface area contributed by atoms with Gasteiger partial charge in [-0.2, -0.15) is 0 Å². The fraction of sp³-hybridized carbons (Fsp3) is 0.375. The smallest absolute Gasteiger partial charge is 0.0412 e. The number of nitrogens with zero attached hydrogens (tertiary/aromatic N) is 1. The van der Waals surface area contributed by atoms with E-state index in [1.807, 2.05) is 0 Å². The zero-order valence-corrected chi connectivity index (χ0v) is 11.1. The van der Waals surface area contributed by atoms with Crippen LogP contribution in [0, 0.1) is 0 Å². The van der Waals surface area contributed by atoms with Gasteiger partial charge in [0.1, 0.15) is 0 Å². The molecule has 0 aliphatic carbocycles. The summed E-state index contributed by atoms with van der Waals surface area (Å²) in [7, 11) is 0. The monoisotopic (exact) mass is 240 g/mol. The molecule has 0 saturated carbocycles. The van der Waals surface area contributed by atoms with Crippen molar-refractivity contribution >= 4 is 16.5 Å². The molecule has 2 atom stereocenters. The first-order valence-electron chi connectivity index (χ1n) is 6.74. The molecule has 1 N–H and O–H groups in total. The minimum Gasteiger partial charge on any atom is -0.366 e. The summed E-state index contributed by atoms with van der Waals surface area (Å²) in [5.74, 6) is 0. The van der Waals surface area contributed by atoms with Crippen LogP contribution in [0.4, 0.5) is 5.69 Å². The maximum Gasteiger partial charge on any atom is 0.0412 e. The van der Waals surface area contributed by atoms with E-state index in [0.717, 1.165) is 13.1 Å². The van der Waals surface area contributed by atoms with Crippen molar-refractivity contribution in [2.75, 3.05) is 18.0 Å². The van der Waals surface area contributed by atoms with Gasteiger partial charge < -0.3 is 10.2 Å². The Morgan fingerprint density at radius 3 is 2.67 bits per heavy atom. The van der Waals surface area contributed by atoms with Gasteiger partial charge in [0.2, 0.25) is 0 Å². The zero-order valence-electron chi connectivity index (χ0n) is 11.1. The molecule has 0 radical (unpaired) electrons. The molecule has 1 fully saturated rings. The summed E-state index contributed by atoms with van der Waals surface area (Å²) in [6.45, 7) is 6.71. The number of anilines is 1. The highest BCUT2D eigenvalue weighted by Gasteiger charge is 2.24. The third-order valence-corrected chi connectivity index (χ3v) is 4.10. The number of rotatable bonds is 1. The van der Waals surface area contributed by atoms with Crippen molar-refractivity contribution < 1.29 is 0 Å². The second kappa shape index (κ2) is 4.62. The average molecular weight is 240 g/mol. The molecule has 18 heavy (non-hydrogen) atoms. The molecule has 3 rings (SSSR count). The fourth-order valence-electron chi connectivity index (χ4n) is 2.78. The average Bonchev–Trinajstić information content (AvgIpc) is 2.41. The fourth-order valence-corrected chi connectivity index (χ4v) is 2.78. The van der Waals surface area contributed by atoms with Gasteiger partial charge in [-0.05, 0) is 36.8 Å². The van der Waals surface area contributed by atoms with E-state index in [1.165, 1.54) is 16.5 Å². The van der Waals surface area contributed by atoms with Crippen LogP contribution in [0.1, 0.15) is 13.8 Å². The highest BCUT2D eigenvalue weighted by molar-refractivity contribution is 5.85. The predicted molar refractivity (Wildman–Crippen MR) is 78.2 cm³/mol. The van der Waals surface area contributed by atoms with Crippen LogP contribution in [0.25, 0.3) is 10.8 Å². The van der Waals surface area contributed by atoms with E-state index in [4.69, 9.17) is 0 Å². The van der Waals surface area contributed by atoms with E-state index in [2.05, 4.69) is 66.5 Å². The zero-order chi connectivity index (χ0) is 12.5. The topological polar surface area (TPSA) is 15.3 Å². The lowest BCUT2D eigenvalue weighted by atomic mass is 10.0. The van der Waals surface area contributed by atoms with Crippen LogP contribution in [-0.4, -0.2) is 25.2 Å². The van der Waals surface area contributed by atoms with E-state index in [0.29, 0.717) is 12.1 Å². The SMILES string of the molecule is CC1NCCN(c2ccc3ccccc3c2)C1C. The Morgan fingerprint density at radius 2 is 1.83 bits per heavy atom. The van der Waals surface area contributed by atoms with Gasteiger partial charge in [0.25, 0.3) is 0 Å². The number of hydrogen-bond donors (Lipinski definition) is 1. The van der Waals surface area contributed by atoms with Gasteiger partial charge in [-0.1, -0.05) is 30.3 Å². The van der Waals surface area contributed by atoms with Crippen LogP contribution >= 0.6 is 0 Å². The van der Waals surface area contributed by atoms with Gasteiger partial charge in [-0.3, -0.25) is 0 Å². The summed E-state index contributed by atoms with van der Waals surface area (Å²) in [5.41, 5.74) is 1.34. The van der Waals surface area contributed by atoms with Crippen molar-refractivity contribution in [1.29, 1.82) is 0 Å². The second-order valence-corrected chi connectivity index (χ2v) is 5.21. The normalized spacial score (nSPS) is 24.4. The third-order valence-electron chi connectivity index (χ3n) is 4.10. The van der Waals surface area contributed by atoms with Gasteiger partial charge in [0.15, 0.2) is 0 Å². The number of piperazine rings is 1. The third kappa shape index (κ3) is 1.97. The number of hydrogen-bond acceptors (Lipinski definition) is 2. The first-order valence-corrected chi connectivity index (χ1v) is 6.74. The standard InChI is InChI=1S/C16H20N2/c1-12-13(2)18(10-9-17-12)16-8-7-14-5-3-4-6-15(14)11-16/h3-8,11-13,17H,9-10H2,1-2H3. The molecule has 2 unspecified atom stereocenters. The van der Waals surface area contributed by atoms with Crippen molar-refractivity contribution in [2.24, 2.45) is 0 Å². The van der Waals surface area contributed by atoms with Crippen LogP contribution in [0.2, 0.25) is 0 Å². The van der Waals surface area contributed by atoms with Crippen LogP contribution in [0.5, 0.6) is 0 Å². The molecule has 0 bridgehead atoms. The highest BCUT2D eigenvalue weighted by atomic mass is 15.2. The molecule has 2 heteroatoms. The largest absolute Gasteiger partial charge is 0.366 e. The molecule has 2 nitrogen and oxygen atoms in total. The first kappa shape index (κ1) is 11.5. The highest BCUT2D eigenvalue weighted by Crippen LogP contribution is 2.25. The van der Waals surface area contributed by atoms with Gasteiger partial charge in [0.05, 0.1) is 0 Å². The Balaban J connectivity index is 1.98. The quantitative estimate of drug-likeness (QED) is 0.824. The van der Waals surface area contributed by atoms with E-state index >= 15 is 0 Å². The van der Waals surface area contributed by atoms with Crippen LogP contribution in [-0.2, 0) is 0 Å². The Labute approximate surface area is 109 Å². The molecule has 0 spiro atoms. The van der Waals surface area contributed by atoms with Crippen molar-refractivity contribution in [3.05, 3.63) is 42.5 Å². The second-order valence-electron chi connectivity index (χ2n) is 5.21. The lowest BCUT2D eigenvalue weighted by molar-refractivity contribution is 0.404. The Kier molecular flexibility index (Phi) is 2.96. The van der Waals surface area contributed by atoms with Crippen LogP contribution in [0.15, 0.2) is 42.5 Å². The summed E-state index contributed by atoms with van der Waals surface area (Å²) < 4.78 is 0. The van der Waals surface area contributed by atoms with Crippen molar-refractivity contribution in [1.82, 2.24) is 5.32 Å². The lowest BCUT2D eigenvalue weighted by Gasteiger charge is -2.40. The Bertz CT molecular complexity index is 550. The molecule has 1 aliphatic rings. The molecule has 2 aromatic carbocycles. The van der Waals surface area contributed by atoms with E-state index in [-0.39, 0.29) is 0 Å². The van der Waals surface area contributed by atoms with Crippen molar-refractivity contribution in [3.8, 4) is 0 Å². The minimum atomic E-state index is 0.542. The van der Waals surface area contributed by atoms with Crippen LogP contribution < -0.4 is 10.2 Å². The Morgan fingerprint density at radius 1 is 1.06 bits per heavy atom. The number of benzene rings is 2. The lowest BCUT2D eigenvalue weighted by Crippen LogP contribution is -2.55.